The van der Waals surface area contributed by atoms with Gasteiger partial charge in [0.05, 0.1) is 17.4 Å². The van der Waals surface area contributed by atoms with Gasteiger partial charge in [0.2, 0.25) is 0 Å². The first-order valence-electron chi connectivity index (χ1n) is 11.1. The topological polar surface area (TPSA) is 73.1 Å². The van der Waals surface area contributed by atoms with Crippen molar-refractivity contribution in [3.63, 3.8) is 0 Å². The van der Waals surface area contributed by atoms with E-state index in [9.17, 15) is 14.4 Å². The zero-order chi connectivity index (χ0) is 24.1. The lowest BCUT2D eigenvalue weighted by molar-refractivity contribution is 0.0956. The number of hydrogen-bond acceptors (Lipinski definition) is 3. The standard InChI is InChI=1S/C28H25N3O3/c1-3-29-26(32)23-15-12-22(13-16-23)19-31-27(33)24-18-21(14-17-25(24)30(2)28(31)34)11-7-10-20-8-5-4-6-9-20/h4-6,8-9,12-18H,3,10,19H2,1-2H3,(H,29,32). The average Bonchev–Trinajstić information content (AvgIpc) is 2.86. The van der Waals surface area contributed by atoms with Crippen molar-refractivity contribution in [1.29, 1.82) is 0 Å². The molecule has 0 aliphatic rings. The molecule has 0 atom stereocenters. The number of aryl methyl sites for hydroxylation is 1. The number of aromatic nitrogens is 2. The van der Waals surface area contributed by atoms with E-state index in [2.05, 4.69) is 17.2 Å². The fourth-order valence-electron chi connectivity index (χ4n) is 3.78. The number of hydrogen-bond donors (Lipinski definition) is 1. The first-order chi connectivity index (χ1) is 16.5. The molecule has 0 unspecified atom stereocenters. The molecule has 34 heavy (non-hydrogen) atoms. The molecule has 1 aromatic heterocycles. The van der Waals surface area contributed by atoms with Crippen LogP contribution in [0.3, 0.4) is 0 Å². The van der Waals surface area contributed by atoms with E-state index in [4.69, 9.17) is 0 Å². The molecule has 0 radical (unpaired) electrons. The van der Waals surface area contributed by atoms with Gasteiger partial charge < -0.3 is 5.32 Å². The number of fused-ring (bicyclic) bond motifs is 1. The lowest BCUT2D eigenvalue weighted by atomic mass is 10.1. The lowest BCUT2D eigenvalue weighted by Crippen LogP contribution is -2.39. The largest absolute Gasteiger partial charge is 0.352 e. The van der Waals surface area contributed by atoms with Crippen LogP contribution in [0.4, 0.5) is 0 Å². The highest BCUT2D eigenvalue weighted by Crippen LogP contribution is 2.11. The minimum Gasteiger partial charge on any atom is -0.352 e. The molecule has 0 bridgehead atoms. The minimum absolute atomic E-state index is 0.112. The van der Waals surface area contributed by atoms with Crippen LogP contribution in [-0.4, -0.2) is 21.6 Å². The normalized spacial score (nSPS) is 10.5. The molecule has 0 aliphatic heterocycles. The molecule has 4 rings (SSSR count). The van der Waals surface area contributed by atoms with Crippen molar-refractivity contribution in [3.8, 4) is 11.8 Å². The SMILES string of the molecule is CCNC(=O)c1ccc(Cn2c(=O)c3cc(C#CCc4ccccc4)ccc3n(C)c2=O)cc1. The maximum absolute atomic E-state index is 13.3. The number of carbonyl (C=O) groups excluding carboxylic acids is 1. The van der Waals surface area contributed by atoms with E-state index in [-0.39, 0.29) is 18.0 Å². The van der Waals surface area contributed by atoms with E-state index in [1.165, 1.54) is 9.13 Å². The van der Waals surface area contributed by atoms with E-state index in [1.54, 1.807) is 43.4 Å². The predicted octanol–water partition coefficient (Wildman–Crippen LogP) is 3.09. The van der Waals surface area contributed by atoms with Gasteiger partial charge in [0.1, 0.15) is 0 Å². The van der Waals surface area contributed by atoms with E-state index in [0.717, 1.165) is 16.7 Å². The zero-order valence-electron chi connectivity index (χ0n) is 19.2. The van der Waals surface area contributed by atoms with Gasteiger partial charge in [-0.25, -0.2) is 4.79 Å². The van der Waals surface area contributed by atoms with Crippen molar-refractivity contribution < 1.29 is 4.79 Å². The molecule has 0 fully saturated rings. The summed E-state index contributed by atoms with van der Waals surface area (Å²) in [5, 5.41) is 3.18. The van der Waals surface area contributed by atoms with E-state index in [0.29, 0.717) is 29.4 Å². The van der Waals surface area contributed by atoms with Crippen molar-refractivity contribution in [2.45, 2.75) is 19.9 Å². The van der Waals surface area contributed by atoms with Gasteiger partial charge in [0.25, 0.3) is 11.5 Å². The number of amides is 1. The zero-order valence-corrected chi connectivity index (χ0v) is 19.2. The molecule has 0 saturated carbocycles. The van der Waals surface area contributed by atoms with Crippen molar-refractivity contribution >= 4 is 16.8 Å². The van der Waals surface area contributed by atoms with Crippen molar-refractivity contribution in [2.24, 2.45) is 7.05 Å². The number of benzene rings is 3. The van der Waals surface area contributed by atoms with E-state index < -0.39 is 5.69 Å². The first kappa shape index (κ1) is 22.8. The van der Waals surface area contributed by atoms with Crippen LogP contribution in [0.15, 0.2) is 82.4 Å². The predicted molar refractivity (Wildman–Crippen MR) is 134 cm³/mol. The highest BCUT2D eigenvalue weighted by molar-refractivity contribution is 5.94. The van der Waals surface area contributed by atoms with Gasteiger partial charge in [-0.1, -0.05) is 54.3 Å². The Hall–Kier alpha value is -4.37. The fourth-order valence-corrected chi connectivity index (χ4v) is 3.78. The highest BCUT2D eigenvalue weighted by Gasteiger charge is 2.12. The summed E-state index contributed by atoms with van der Waals surface area (Å²) in [7, 11) is 1.65. The Labute approximate surface area is 197 Å². The molecule has 1 amide bonds. The van der Waals surface area contributed by atoms with E-state index in [1.807, 2.05) is 43.3 Å². The smallest absolute Gasteiger partial charge is 0.331 e. The maximum atomic E-state index is 13.3. The molecular formula is C28H25N3O3. The molecule has 1 heterocycles. The number of nitrogens with one attached hydrogen (secondary N) is 1. The summed E-state index contributed by atoms with van der Waals surface area (Å²) in [6, 6.07) is 22.2. The Bertz CT molecular complexity index is 1520. The second-order valence-electron chi connectivity index (χ2n) is 7.99. The summed E-state index contributed by atoms with van der Waals surface area (Å²) in [5.74, 6) is 6.11. The van der Waals surface area contributed by atoms with Crippen LogP contribution in [0.25, 0.3) is 10.9 Å². The van der Waals surface area contributed by atoms with Crippen LogP contribution in [0, 0.1) is 11.8 Å². The van der Waals surface area contributed by atoms with E-state index >= 15 is 0 Å². The van der Waals surface area contributed by atoms with Gasteiger partial charge in [-0.05, 0) is 48.4 Å². The summed E-state index contributed by atoms with van der Waals surface area (Å²) in [6.07, 6.45) is 0.614. The Morgan fingerprint density at radius 1 is 0.941 bits per heavy atom. The van der Waals surface area contributed by atoms with Gasteiger partial charge in [-0.15, -0.1) is 0 Å². The Kier molecular flexibility index (Phi) is 6.74. The molecule has 1 N–H and O–H groups in total. The van der Waals surface area contributed by atoms with Crippen LogP contribution in [0.1, 0.15) is 34.0 Å². The van der Waals surface area contributed by atoms with Crippen molar-refractivity contribution in [3.05, 3.63) is 116 Å². The molecule has 0 saturated heterocycles. The van der Waals surface area contributed by atoms with Gasteiger partial charge in [-0.2, -0.15) is 0 Å². The van der Waals surface area contributed by atoms with Crippen LogP contribution < -0.4 is 16.6 Å². The monoisotopic (exact) mass is 451 g/mol. The van der Waals surface area contributed by atoms with Crippen LogP contribution in [0.5, 0.6) is 0 Å². The molecule has 170 valence electrons. The molecule has 4 aromatic rings. The van der Waals surface area contributed by atoms with Crippen LogP contribution in [-0.2, 0) is 20.0 Å². The second kappa shape index (κ2) is 10.1. The summed E-state index contributed by atoms with van der Waals surface area (Å²) in [4.78, 5) is 38.1. The summed E-state index contributed by atoms with van der Waals surface area (Å²) in [5.41, 5.74) is 2.93. The van der Waals surface area contributed by atoms with Gasteiger partial charge in [0.15, 0.2) is 0 Å². The number of nitrogens with zero attached hydrogens (tertiary/aromatic N) is 2. The first-order valence-corrected chi connectivity index (χ1v) is 11.1. The Balaban J connectivity index is 1.66. The number of carbonyl (C=O) groups is 1. The maximum Gasteiger partial charge on any atom is 0.331 e. The summed E-state index contributed by atoms with van der Waals surface area (Å²) >= 11 is 0. The van der Waals surface area contributed by atoms with Crippen molar-refractivity contribution in [1.82, 2.24) is 14.5 Å². The lowest BCUT2D eigenvalue weighted by Gasteiger charge is -2.11. The third-order valence-corrected chi connectivity index (χ3v) is 5.61. The summed E-state index contributed by atoms with van der Waals surface area (Å²) in [6.45, 7) is 2.51. The van der Waals surface area contributed by atoms with Crippen molar-refractivity contribution in [2.75, 3.05) is 6.54 Å². The molecule has 3 aromatic carbocycles. The third kappa shape index (κ3) is 4.84. The van der Waals surface area contributed by atoms with Gasteiger partial charge >= 0.3 is 5.69 Å². The molecule has 6 heteroatoms. The molecule has 0 aliphatic carbocycles. The fraction of sp³-hybridized carbons (Fsp3) is 0.179. The minimum atomic E-state index is -0.395. The third-order valence-electron chi connectivity index (χ3n) is 5.61. The Morgan fingerprint density at radius 2 is 1.68 bits per heavy atom. The van der Waals surface area contributed by atoms with Gasteiger partial charge in [0, 0.05) is 31.1 Å². The average molecular weight is 452 g/mol. The van der Waals surface area contributed by atoms with Crippen LogP contribution >= 0.6 is 0 Å². The van der Waals surface area contributed by atoms with Gasteiger partial charge in [-0.3, -0.25) is 18.7 Å². The molecule has 0 spiro atoms. The molecule has 6 nitrogen and oxygen atoms in total. The molecular weight excluding hydrogens is 426 g/mol. The second-order valence-corrected chi connectivity index (χ2v) is 7.99. The van der Waals surface area contributed by atoms with Crippen LogP contribution in [0.2, 0.25) is 0 Å². The number of rotatable bonds is 5. The highest BCUT2D eigenvalue weighted by atomic mass is 16.2. The Morgan fingerprint density at radius 3 is 2.38 bits per heavy atom. The quantitative estimate of drug-likeness (QED) is 0.474. The summed E-state index contributed by atoms with van der Waals surface area (Å²) < 4.78 is 2.69.